The molecule has 1 atom stereocenters. The van der Waals surface area contributed by atoms with Crippen molar-refractivity contribution in [2.75, 3.05) is 25.1 Å². The quantitative estimate of drug-likeness (QED) is 0.841. The molecule has 1 unspecified atom stereocenters. The van der Waals surface area contributed by atoms with E-state index in [1.807, 2.05) is 6.92 Å². The molecule has 0 saturated carbocycles. The molecule has 0 amide bonds. The van der Waals surface area contributed by atoms with Crippen molar-refractivity contribution in [3.8, 4) is 11.8 Å². The summed E-state index contributed by atoms with van der Waals surface area (Å²) >= 11 is 1.60. The Morgan fingerprint density at radius 1 is 1.30 bits per heavy atom. The predicted molar refractivity (Wildman–Crippen MR) is 74.5 cm³/mol. The van der Waals surface area contributed by atoms with E-state index in [2.05, 4.69) is 25.1 Å². The molecule has 0 radical (unpaired) electrons. The topological polar surface area (TPSA) is 73.3 Å². The lowest BCUT2D eigenvalue weighted by Crippen LogP contribution is -2.24. The molecule has 0 spiro atoms. The molecule has 0 bridgehead atoms. The van der Waals surface area contributed by atoms with Crippen molar-refractivity contribution < 1.29 is 9.47 Å². The summed E-state index contributed by atoms with van der Waals surface area (Å²) < 4.78 is 10.8. The van der Waals surface area contributed by atoms with Crippen LogP contribution in [0.25, 0.3) is 0 Å². The molecule has 0 N–H and O–H groups in total. The lowest BCUT2D eigenvalue weighted by Gasteiger charge is -2.14. The summed E-state index contributed by atoms with van der Waals surface area (Å²) in [5.41, 5.74) is 0. The van der Waals surface area contributed by atoms with Gasteiger partial charge in [-0.2, -0.15) is 9.97 Å². The second kappa shape index (κ2) is 5.58. The zero-order valence-corrected chi connectivity index (χ0v) is 12.1. The van der Waals surface area contributed by atoms with Crippen LogP contribution in [0.5, 0.6) is 11.8 Å². The highest BCUT2D eigenvalue weighted by Gasteiger charge is 2.26. The zero-order valence-electron chi connectivity index (χ0n) is 11.3. The minimum absolute atomic E-state index is 0.0765. The maximum Gasteiger partial charge on any atom is 0.316 e. The molecule has 2 aromatic heterocycles. The molecule has 20 heavy (non-hydrogen) atoms. The summed E-state index contributed by atoms with van der Waals surface area (Å²) in [6, 6.07) is 0.381. The van der Waals surface area contributed by atoms with Gasteiger partial charge in [0.05, 0.1) is 26.0 Å². The van der Waals surface area contributed by atoms with Crippen molar-refractivity contribution >= 4 is 16.5 Å². The van der Waals surface area contributed by atoms with Crippen LogP contribution >= 0.6 is 11.3 Å². The largest absolute Gasteiger partial charge is 0.494 e. The summed E-state index contributed by atoms with van der Waals surface area (Å²) in [5, 5.41) is 10.1. The molecule has 1 aliphatic heterocycles. The summed E-state index contributed by atoms with van der Waals surface area (Å²) in [7, 11) is 1.58. The first kappa shape index (κ1) is 13.0. The van der Waals surface area contributed by atoms with Crippen molar-refractivity contribution in [3.63, 3.8) is 0 Å². The van der Waals surface area contributed by atoms with Gasteiger partial charge in [0.15, 0.2) is 5.75 Å². The minimum Gasteiger partial charge on any atom is -0.494 e. The van der Waals surface area contributed by atoms with Gasteiger partial charge in [-0.3, -0.25) is 0 Å². The minimum atomic E-state index is 0.0765. The number of aromatic nitrogens is 4. The van der Waals surface area contributed by atoms with E-state index in [0.29, 0.717) is 11.8 Å². The normalized spacial score (nSPS) is 18.3. The average Bonchev–Trinajstić information content (AvgIpc) is 3.09. The highest BCUT2D eigenvalue weighted by molar-refractivity contribution is 7.15. The average molecular weight is 293 g/mol. The standard InChI is InChI=1S/C12H15N5O2S/c1-8-15-16-12(20-8)17-4-3-9(7-17)19-11-13-5-10(18-2)6-14-11/h5-6,9H,3-4,7H2,1-2H3. The molecule has 3 rings (SSSR count). The number of ether oxygens (including phenoxy) is 2. The summed E-state index contributed by atoms with van der Waals surface area (Å²) in [5.74, 6) is 0.620. The Kier molecular flexibility index (Phi) is 3.64. The molecule has 0 aliphatic carbocycles. The predicted octanol–water partition coefficient (Wildman–Crippen LogP) is 1.30. The van der Waals surface area contributed by atoms with E-state index in [1.54, 1.807) is 30.8 Å². The molecule has 7 nitrogen and oxygen atoms in total. The summed E-state index contributed by atoms with van der Waals surface area (Å²) in [4.78, 5) is 10.4. The fraction of sp³-hybridized carbons (Fsp3) is 0.500. The Hall–Kier alpha value is -1.96. The van der Waals surface area contributed by atoms with Gasteiger partial charge in [0.25, 0.3) is 0 Å². The highest BCUT2D eigenvalue weighted by Crippen LogP contribution is 2.25. The lowest BCUT2D eigenvalue weighted by atomic mass is 10.3. The first-order valence-corrected chi connectivity index (χ1v) is 7.14. The van der Waals surface area contributed by atoms with Crippen molar-refractivity contribution in [3.05, 3.63) is 17.4 Å². The number of nitrogens with zero attached hydrogens (tertiary/aromatic N) is 5. The van der Waals surface area contributed by atoms with E-state index >= 15 is 0 Å². The van der Waals surface area contributed by atoms with Crippen LogP contribution in [0.3, 0.4) is 0 Å². The number of hydrogen-bond donors (Lipinski definition) is 0. The maximum absolute atomic E-state index is 5.77. The number of aryl methyl sites for hydroxylation is 1. The summed E-state index contributed by atoms with van der Waals surface area (Å²) in [6.07, 6.45) is 4.20. The Labute approximate surface area is 120 Å². The van der Waals surface area contributed by atoms with E-state index < -0.39 is 0 Å². The van der Waals surface area contributed by atoms with Crippen LogP contribution in [0.4, 0.5) is 5.13 Å². The molecule has 8 heteroatoms. The SMILES string of the molecule is COc1cnc(OC2CCN(c3nnc(C)s3)C2)nc1. The van der Waals surface area contributed by atoms with Crippen molar-refractivity contribution in [2.45, 2.75) is 19.4 Å². The smallest absolute Gasteiger partial charge is 0.316 e. The second-order valence-corrected chi connectivity index (χ2v) is 5.64. The van der Waals surface area contributed by atoms with Gasteiger partial charge in [-0.1, -0.05) is 11.3 Å². The highest BCUT2D eigenvalue weighted by atomic mass is 32.1. The van der Waals surface area contributed by atoms with Gasteiger partial charge in [-0.15, -0.1) is 10.2 Å². The van der Waals surface area contributed by atoms with Crippen LogP contribution in [0.1, 0.15) is 11.4 Å². The van der Waals surface area contributed by atoms with Crippen LogP contribution < -0.4 is 14.4 Å². The molecule has 106 valence electrons. The maximum atomic E-state index is 5.77. The van der Waals surface area contributed by atoms with Gasteiger partial charge in [0.2, 0.25) is 5.13 Å². The first-order chi connectivity index (χ1) is 9.74. The summed E-state index contributed by atoms with van der Waals surface area (Å²) in [6.45, 7) is 3.65. The monoisotopic (exact) mass is 293 g/mol. The lowest BCUT2D eigenvalue weighted by molar-refractivity contribution is 0.205. The van der Waals surface area contributed by atoms with Gasteiger partial charge < -0.3 is 14.4 Å². The van der Waals surface area contributed by atoms with E-state index in [-0.39, 0.29) is 6.10 Å². The first-order valence-electron chi connectivity index (χ1n) is 6.32. The van der Waals surface area contributed by atoms with Gasteiger partial charge in [-0.05, 0) is 6.92 Å². The van der Waals surface area contributed by atoms with Gasteiger partial charge >= 0.3 is 6.01 Å². The van der Waals surface area contributed by atoms with E-state index in [1.165, 1.54) is 0 Å². The molecule has 2 aromatic rings. The number of anilines is 1. The van der Waals surface area contributed by atoms with E-state index in [0.717, 1.165) is 29.6 Å². The Morgan fingerprint density at radius 2 is 2.10 bits per heavy atom. The molecule has 3 heterocycles. The van der Waals surface area contributed by atoms with E-state index in [9.17, 15) is 0 Å². The fourth-order valence-corrected chi connectivity index (χ4v) is 2.75. The van der Waals surface area contributed by atoms with Crippen LogP contribution in [0.15, 0.2) is 12.4 Å². The van der Waals surface area contributed by atoms with Gasteiger partial charge in [0, 0.05) is 13.0 Å². The van der Waals surface area contributed by atoms with E-state index in [4.69, 9.17) is 9.47 Å². The second-order valence-electron chi connectivity index (χ2n) is 4.48. The van der Waals surface area contributed by atoms with Crippen LogP contribution in [-0.4, -0.2) is 46.5 Å². The van der Waals surface area contributed by atoms with Crippen molar-refractivity contribution in [2.24, 2.45) is 0 Å². The Bertz CT molecular complexity index is 573. The third kappa shape index (κ3) is 2.79. The Morgan fingerprint density at radius 3 is 2.75 bits per heavy atom. The van der Waals surface area contributed by atoms with Crippen molar-refractivity contribution in [1.29, 1.82) is 0 Å². The molecule has 1 aliphatic rings. The molecule has 1 saturated heterocycles. The van der Waals surface area contributed by atoms with Gasteiger partial charge in [0.1, 0.15) is 11.1 Å². The molecule has 0 aromatic carbocycles. The Balaban J connectivity index is 1.59. The molecule has 1 fully saturated rings. The molecular weight excluding hydrogens is 278 g/mol. The number of rotatable bonds is 4. The fourth-order valence-electron chi connectivity index (χ4n) is 2.03. The zero-order chi connectivity index (χ0) is 13.9. The van der Waals surface area contributed by atoms with Crippen LogP contribution in [-0.2, 0) is 0 Å². The number of methoxy groups -OCH3 is 1. The number of hydrogen-bond acceptors (Lipinski definition) is 8. The van der Waals surface area contributed by atoms with Crippen molar-refractivity contribution in [1.82, 2.24) is 20.2 Å². The third-order valence-electron chi connectivity index (χ3n) is 3.04. The molecular formula is C12H15N5O2S. The van der Waals surface area contributed by atoms with Crippen LogP contribution in [0, 0.1) is 6.92 Å². The third-order valence-corrected chi connectivity index (χ3v) is 3.94. The van der Waals surface area contributed by atoms with Crippen LogP contribution in [0.2, 0.25) is 0 Å². The van der Waals surface area contributed by atoms with Gasteiger partial charge in [-0.25, -0.2) is 0 Å².